The predicted molar refractivity (Wildman–Crippen MR) is 133 cm³/mol. The molecule has 2 heterocycles. The molecule has 1 N–H and O–H groups in total. The first-order valence-electron chi connectivity index (χ1n) is 11.7. The maximum Gasteiger partial charge on any atom is 0.361 e. The fraction of sp³-hybridized carbons (Fsp3) is 0.600. The molecule has 186 valence electrons. The molecule has 0 saturated heterocycles. The second-order valence-corrected chi connectivity index (χ2v) is 14.1. The maximum absolute atomic E-state index is 13.5. The molecule has 0 amide bonds. The van der Waals surface area contributed by atoms with Crippen LogP contribution in [0.1, 0.15) is 71.8 Å². The highest BCUT2D eigenvalue weighted by Crippen LogP contribution is 2.50. The molecule has 0 bridgehead atoms. The summed E-state index contributed by atoms with van der Waals surface area (Å²) in [6, 6.07) is 4.55. The van der Waals surface area contributed by atoms with Gasteiger partial charge in [-0.2, -0.15) is 0 Å². The lowest BCUT2D eigenvalue weighted by molar-refractivity contribution is -0.0925. The summed E-state index contributed by atoms with van der Waals surface area (Å²) in [7, 11) is -3.95. The van der Waals surface area contributed by atoms with E-state index in [-0.39, 0.29) is 45.2 Å². The van der Waals surface area contributed by atoms with Crippen LogP contribution in [0.4, 0.5) is 11.5 Å². The van der Waals surface area contributed by atoms with Crippen LogP contribution in [0.25, 0.3) is 0 Å². The van der Waals surface area contributed by atoms with E-state index in [0.717, 1.165) is 23.1 Å². The lowest BCUT2D eigenvalue weighted by Gasteiger charge is -2.50. The van der Waals surface area contributed by atoms with Gasteiger partial charge in [-0.3, -0.25) is 0 Å². The third-order valence-corrected chi connectivity index (χ3v) is 9.16. The van der Waals surface area contributed by atoms with Crippen molar-refractivity contribution in [3.63, 3.8) is 0 Å². The van der Waals surface area contributed by atoms with Crippen LogP contribution < -0.4 is 5.32 Å². The molecule has 1 fully saturated rings. The summed E-state index contributed by atoms with van der Waals surface area (Å²) in [5, 5.41) is 3.35. The van der Waals surface area contributed by atoms with E-state index < -0.39 is 16.0 Å². The van der Waals surface area contributed by atoms with E-state index in [2.05, 4.69) is 58.8 Å². The molecule has 1 aliphatic carbocycles. The van der Waals surface area contributed by atoms with E-state index >= 15 is 0 Å². The van der Waals surface area contributed by atoms with Crippen LogP contribution in [-0.4, -0.2) is 29.4 Å². The van der Waals surface area contributed by atoms with E-state index in [9.17, 15) is 13.2 Å². The van der Waals surface area contributed by atoms with Gasteiger partial charge in [-0.1, -0.05) is 60.1 Å². The summed E-state index contributed by atoms with van der Waals surface area (Å²) in [6.45, 7) is 15.4. The zero-order chi connectivity index (χ0) is 25.2. The number of imidazole rings is 1. The Hall–Kier alpha value is -2.06. The Labute approximate surface area is 207 Å². The van der Waals surface area contributed by atoms with E-state index in [1.807, 2.05) is 0 Å². The molecule has 2 aliphatic rings. The van der Waals surface area contributed by atoms with Gasteiger partial charge in [-0.15, -0.1) is 0 Å². The standard InChI is InChI=1S/C25H34ClN3O4S/c1-14-10-16(24(2,3)4)21(17(11-14)25(5,6)7)33-23(30)20-22-28-18-9-8-15(26)12-19(18)34(31,32)29(22)13-27-20/h8-9,12-14,16-17,21,28H,10-11H2,1-7H3. The number of aromatic nitrogens is 2. The van der Waals surface area contributed by atoms with Crippen LogP contribution in [0.5, 0.6) is 0 Å². The minimum absolute atomic E-state index is 0.0340. The largest absolute Gasteiger partial charge is 0.457 e. The third kappa shape index (κ3) is 4.35. The molecular weight excluding hydrogens is 474 g/mol. The van der Waals surface area contributed by atoms with Crippen LogP contribution in [-0.2, 0) is 14.8 Å². The van der Waals surface area contributed by atoms with Crippen LogP contribution in [0, 0.1) is 28.6 Å². The molecule has 7 nitrogen and oxygen atoms in total. The summed E-state index contributed by atoms with van der Waals surface area (Å²) in [4.78, 5) is 17.7. The summed E-state index contributed by atoms with van der Waals surface area (Å²) in [5.74, 6) is 0.337. The second kappa shape index (κ2) is 8.26. The molecule has 1 saturated carbocycles. The van der Waals surface area contributed by atoms with Gasteiger partial charge in [0.05, 0.1) is 5.69 Å². The molecule has 0 radical (unpaired) electrons. The van der Waals surface area contributed by atoms with Gasteiger partial charge >= 0.3 is 5.97 Å². The van der Waals surface area contributed by atoms with Gasteiger partial charge in [-0.25, -0.2) is 22.2 Å². The van der Waals surface area contributed by atoms with Crippen molar-refractivity contribution in [2.24, 2.45) is 28.6 Å². The fourth-order valence-electron chi connectivity index (χ4n) is 5.37. The highest BCUT2D eigenvalue weighted by Gasteiger charge is 2.48. The number of nitrogens with one attached hydrogen (secondary N) is 1. The number of hydrogen-bond donors (Lipinski definition) is 1. The number of carbonyl (C=O) groups excluding carboxylic acids is 1. The van der Waals surface area contributed by atoms with E-state index in [4.69, 9.17) is 16.3 Å². The highest BCUT2D eigenvalue weighted by molar-refractivity contribution is 7.90. The SMILES string of the molecule is CC1CC(C(C)(C)C)C(OC(=O)c2ncn3c2Nc2ccc(Cl)cc2S3(=O)=O)C(C(C)(C)C)C1. The zero-order valence-corrected chi connectivity index (χ0v) is 22.4. The van der Waals surface area contributed by atoms with Gasteiger partial charge in [0.2, 0.25) is 0 Å². The van der Waals surface area contributed by atoms with Gasteiger partial charge in [-0.05, 0) is 47.8 Å². The van der Waals surface area contributed by atoms with Crippen LogP contribution in [0.2, 0.25) is 5.02 Å². The van der Waals surface area contributed by atoms with Crippen molar-refractivity contribution < 1.29 is 17.9 Å². The summed E-state index contributed by atoms with van der Waals surface area (Å²) in [6.07, 6.45) is 2.78. The molecule has 2 unspecified atom stereocenters. The molecule has 2 atom stereocenters. The van der Waals surface area contributed by atoms with Gasteiger partial charge in [0.25, 0.3) is 10.0 Å². The minimum Gasteiger partial charge on any atom is -0.457 e. The highest BCUT2D eigenvalue weighted by atomic mass is 35.5. The average Bonchev–Trinajstić information content (AvgIpc) is 3.13. The normalized spacial score (nSPS) is 26.2. The van der Waals surface area contributed by atoms with E-state index in [0.29, 0.717) is 16.6 Å². The van der Waals surface area contributed by atoms with E-state index in [1.165, 1.54) is 6.07 Å². The molecular formula is C25H34ClN3O4S. The lowest BCUT2D eigenvalue weighted by Crippen LogP contribution is -2.49. The van der Waals surface area contributed by atoms with Gasteiger partial charge in [0.15, 0.2) is 11.5 Å². The zero-order valence-electron chi connectivity index (χ0n) is 20.8. The summed E-state index contributed by atoms with van der Waals surface area (Å²) in [5.41, 5.74) is 0.189. The Bertz CT molecular complexity index is 1200. The Morgan fingerprint density at radius 2 is 1.71 bits per heavy atom. The van der Waals surface area contributed by atoms with Crippen molar-refractivity contribution in [3.8, 4) is 0 Å². The van der Waals surface area contributed by atoms with Crippen LogP contribution in [0.3, 0.4) is 0 Å². The number of fused-ring (bicyclic) bond motifs is 2. The van der Waals surface area contributed by atoms with Crippen molar-refractivity contribution in [1.29, 1.82) is 0 Å². The number of benzene rings is 1. The van der Waals surface area contributed by atoms with Gasteiger partial charge < -0.3 is 10.1 Å². The Balaban J connectivity index is 1.71. The first-order chi connectivity index (χ1) is 15.6. The molecule has 2 aromatic rings. The Morgan fingerprint density at radius 3 is 2.26 bits per heavy atom. The molecule has 4 rings (SSSR count). The number of hydrogen-bond acceptors (Lipinski definition) is 6. The topological polar surface area (TPSA) is 90.3 Å². The van der Waals surface area contributed by atoms with Crippen molar-refractivity contribution >= 4 is 39.1 Å². The second-order valence-electron chi connectivity index (χ2n) is 11.9. The average molecular weight is 508 g/mol. The number of rotatable bonds is 2. The fourth-order valence-corrected chi connectivity index (χ4v) is 7.04. The van der Waals surface area contributed by atoms with Crippen molar-refractivity contribution in [2.45, 2.75) is 72.3 Å². The number of nitrogens with zero attached hydrogens (tertiary/aromatic N) is 2. The quantitative estimate of drug-likeness (QED) is 0.421. The lowest BCUT2D eigenvalue weighted by atomic mass is 9.59. The smallest absolute Gasteiger partial charge is 0.361 e. The first kappa shape index (κ1) is 25.0. The van der Waals surface area contributed by atoms with Crippen molar-refractivity contribution in [2.75, 3.05) is 5.32 Å². The molecule has 1 aliphatic heterocycles. The van der Waals surface area contributed by atoms with Crippen molar-refractivity contribution in [3.05, 3.63) is 35.2 Å². The van der Waals surface area contributed by atoms with Gasteiger partial charge in [0, 0.05) is 16.9 Å². The van der Waals surface area contributed by atoms with Crippen molar-refractivity contribution in [1.82, 2.24) is 8.96 Å². The number of carbonyl (C=O) groups is 1. The summed E-state index contributed by atoms with van der Waals surface area (Å²) < 4.78 is 33.5. The molecule has 0 spiro atoms. The molecule has 1 aromatic carbocycles. The molecule has 1 aromatic heterocycles. The maximum atomic E-state index is 13.5. The minimum atomic E-state index is -3.95. The summed E-state index contributed by atoms with van der Waals surface area (Å²) >= 11 is 6.01. The predicted octanol–water partition coefficient (Wildman–Crippen LogP) is 6.11. The number of halogens is 1. The number of ether oxygens (including phenoxy) is 1. The first-order valence-corrected chi connectivity index (χ1v) is 13.5. The monoisotopic (exact) mass is 507 g/mol. The third-order valence-electron chi connectivity index (χ3n) is 7.24. The number of anilines is 2. The van der Waals surface area contributed by atoms with Gasteiger partial charge in [0.1, 0.15) is 17.3 Å². The molecule has 9 heteroatoms. The Kier molecular flexibility index (Phi) is 6.09. The van der Waals surface area contributed by atoms with Crippen LogP contribution in [0.15, 0.2) is 29.4 Å². The Morgan fingerprint density at radius 1 is 1.12 bits per heavy atom. The molecule has 34 heavy (non-hydrogen) atoms. The van der Waals surface area contributed by atoms with Crippen LogP contribution >= 0.6 is 11.6 Å². The number of esters is 1. The van der Waals surface area contributed by atoms with E-state index in [1.54, 1.807) is 12.1 Å².